The molecule has 0 spiro atoms. The largest absolute Gasteiger partial charge is 0.416 e. The number of sulfone groups is 1. The van der Waals surface area contributed by atoms with Crippen LogP contribution in [-0.2, 0) is 20.8 Å². The van der Waals surface area contributed by atoms with E-state index in [2.05, 4.69) is 10.6 Å². The topological polar surface area (TPSA) is 75.3 Å². The second-order valence-corrected chi connectivity index (χ2v) is 7.66. The second kappa shape index (κ2) is 6.88. The number of rotatable bonds is 5. The molecule has 1 unspecified atom stereocenters. The van der Waals surface area contributed by atoms with Crippen LogP contribution in [-0.4, -0.2) is 38.4 Å². The zero-order chi connectivity index (χ0) is 17.1. The van der Waals surface area contributed by atoms with Gasteiger partial charge in [-0.2, -0.15) is 13.2 Å². The average Bonchev–Trinajstić information content (AvgIpc) is 2.78. The molecule has 1 amide bonds. The van der Waals surface area contributed by atoms with Gasteiger partial charge in [0.05, 0.1) is 17.1 Å². The van der Waals surface area contributed by atoms with Gasteiger partial charge >= 0.3 is 6.18 Å². The van der Waals surface area contributed by atoms with Crippen molar-refractivity contribution in [1.29, 1.82) is 0 Å². The van der Waals surface area contributed by atoms with Crippen LogP contribution in [0.1, 0.15) is 18.4 Å². The maximum Gasteiger partial charge on any atom is 0.416 e. The quantitative estimate of drug-likeness (QED) is 0.849. The van der Waals surface area contributed by atoms with E-state index < -0.39 is 21.6 Å². The van der Waals surface area contributed by atoms with E-state index in [-0.39, 0.29) is 35.6 Å². The molecule has 5 nitrogen and oxygen atoms in total. The summed E-state index contributed by atoms with van der Waals surface area (Å²) in [5.41, 5.74) is -0.494. The first-order valence-corrected chi connectivity index (χ1v) is 8.89. The summed E-state index contributed by atoms with van der Waals surface area (Å²) < 4.78 is 59.8. The molecule has 1 aliphatic heterocycles. The summed E-state index contributed by atoms with van der Waals surface area (Å²) in [4.78, 5) is 11.7. The molecule has 1 aromatic carbocycles. The number of halogens is 3. The van der Waals surface area contributed by atoms with Crippen LogP contribution in [0.2, 0.25) is 0 Å². The summed E-state index contributed by atoms with van der Waals surface area (Å²) in [6.07, 6.45) is -3.77. The molecule has 2 rings (SSSR count). The van der Waals surface area contributed by atoms with Crippen molar-refractivity contribution < 1.29 is 26.4 Å². The maximum atomic E-state index is 12.4. The zero-order valence-electron chi connectivity index (χ0n) is 12.2. The first-order chi connectivity index (χ1) is 10.7. The van der Waals surface area contributed by atoms with Gasteiger partial charge in [-0.05, 0) is 30.7 Å². The molecule has 1 aromatic rings. The van der Waals surface area contributed by atoms with E-state index in [0.717, 1.165) is 12.1 Å². The number of anilines is 1. The van der Waals surface area contributed by atoms with Crippen molar-refractivity contribution in [2.75, 3.05) is 23.4 Å². The summed E-state index contributed by atoms with van der Waals surface area (Å²) >= 11 is 0. The van der Waals surface area contributed by atoms with E-state index >= 15 is 0 Å². The fraction of sp³-hybridized carbons (Fsp3) is 0.500. The number of nitrogens with one attached hydrogen (secondary N) is 2. The Balaban J connectivity index is 1.75. The van der Waals surface area contributed by atoms with Crippen molar-refractivity contribution in [2.24, 2.45) is 0 Å². The van der Waals surface area contributed by atoms with Crippen LogP contribution in [0.15, 0.2) is 24.3 Å². The zero-order valence-corrected chi connectivity index (χ0v) is 13.0. The second-order valence-electron chi connectivity index (χ2n) is 5.43. The van der Waals surface area contributed by atoms with Gasteiger partial charge in [-0.15, -0.1) is 0 Å². The van der Waals surface area contributed by atoms with E-state index in [9.17, 15) is 26.4 Å². The van der Waals surface area contributed by atoms with Gasteiger partial charge in [0, 0.05) is 24.7 Å². The highest BCUT2D eigenvalue weighted by Crippen LogP contribution is 2.29. The van der Waals surface area contributed by atoms with Gasteiger partial charge in [0.2, 0.25) is 5.91 Å². The molecule has 2 N–H and O–H groups in total. The number of hydrogen-bond acceptors (Lipinski definition) is 4. The van der Waals surface area contributed by atoms with Gasteiger partial charge in [0.15, 0.2) is 9.84 Å². The van der Waals surface area contributed by atoms with Crippen molar-refractivity contribution in [2.45, 2.75) is 25.1 Å². The van der Waals surface area contributed by atoms with E-state index in [0.29, 0.717) is 13.0 Å². The molecule has 1 saturated heterocycles. The minimum Gasteiger partial charge on any atom is -0.326 e. The van der Waals surface area contributed by atoms with Crippen LogP contribution in [0.25, 0.3) is 0 Å². The monoisotopic (exact) mass is 350 g/mol. The number of benzene rings is 1. The predicted octanol–water partition coefficient (Wildman–Crippen LogP) is 1.81. The molecule has 1 atom stereocenters. The number of hydrogen-bond donors (Lipinski definition) is 2. The Hall–Kier alpha value is -1.61. The molecule has 9 heteroatoms. The smallest absolute Gasteiger partial charge is 0.326 e. The van der Waals surface area contributed by atoms with Gasteiger partial charge in [0.25, 0.3) is 0 Å². The van der Waals surface area contributed by atoms with Crippen LogP contribution in [0.4, 0.5) is 18.9 Å². The van der Waals surface area contributed by atoms with Crippen molar-refractivity contribution in [1.82, 2.24) is 5.32 Å². The first-order valence-electron chi connectivity index (χ1n) is 7.07. The molecule has 1 fully saturated rings. The van der Waals surface area contributed by atoms with Crippen LogP contribution in [0, 0.1) is 0 Å². The lowest BCUT2D eigenvalue weighted by atomic mass is 10.2. The molecule has 0 bridgehead atoms. The third kappa shape index (κ3) is 5.51. The molecule has 1 heterocycles. The lowest BCUT2D eigenvalue weighted by Gasteiger charge is -2.11. The Morgan fingerprint density at radius 1 is 1.22 bits per heavy atom. The number of alkyl halides is 3. The number of carbonyl (C=O) groups excluding carboxylic acids is 1. The normalized spacial score (nSPS) is 20.4. The fourth-order valence-electron chi connectivity index (χ4n) is 2.31. The summed E-state index contributed by atoms with van der Waals surface area (Å²) in [6, 6.07) is 4.04. The van der Waals surface area contributed by atoms with E-state index in [1.165, 1.54) is 12.1 Å². The van der Waals surface area contributed by atoms with Gasteiger partial charge in [-0.25, -0.2) is 8.42 Å². The van der Waals surface area contributed by atoms with Crippen LogP contribution in [0.5, 0.6) is 0 Å². The van der Waals surface area contributed by atoms with Crippen LogP contribution >= 0.6 is 0 Å². The lowest BCUT2D eigenvalue weighted by Crippen LogP contribution is -2.32. The lowest BCUT2D eigenvalue weighted by molar-refractivity contribution is -0.137. The highest BCUT2D eigenvalue weighted by atomic mass is 32.2. The molecule has 1 aliphatic rings. The minimum absolute atomic E-state index is 0.0769. The first kappa shape index (κ1) is 17.7. The summed E-state index contributed by atoms with van der Waals surface area (Å²) in [5, 5.41) is 5.49. The van der Waals surface area contributed by atoms with Crippen molar-refractivity contribution in [3.63, 3.8) is 0 Å². The Bertz CT molecular complexity index is 657. The third-order valence-electron chi connectivity index (χ3n) is 3.51. The molecule has 0 saturated carbocycles. The van der Waals surface area contributed by atoms with Gasteiger partial charge < -0.3 is 10.6 Å². The Kier molecular flexibility index (Phi) is 5.30. The molecular weight excluding hydrogens is 333 g/mol. The van der Waals surface area contributed by atoms with Crippen molar-refractivity contribution >= 4 is 21.4 Å². The maximum absolute atomic E-state index is 12.4. The molecule has 0 radical (unpaired) electrons. The van der Waals surface area contributed by atoms with Crippen LogP contribution in [0.3, 0.4) is 0 Å². The highest BCUT2D eigenvalue weighted by Gasteiger charge is 2.30. The molecule has 0 aromatic heterocycles. The summed E-state index contributed by atoms with van der Waals surface area (Å²) in [7, 11) is -2.97. The summed E-state index contributed by atoms with van der Waals surface area (Å²) in [6.45, 7) is 0.312. The minimum atomic E-state index is -4.41. The van der Waals surface area contributed by atoms with E-state index in [1.807, 2.05) is 0 Å². The molecule has 128 valence electrons. The van der Waals surface area contributed by atoms with E-state index in [4.69, 9.17) is 0 Å². The van der Waals surface area contributed by atoms with Crippen molar-refractivity contribution in [3.8, 4) is 0 Å². The van der Waals surface area contributed by atoms with E-state index in [1.54, 1.807) is 0 Å². The fourth-order valence-corrected chi connectivity index (χ4v) is 4.02. The predicted molar refractivity (Wildman–Crippen MR) is 79.8 cm³/mol. The summed E-state index contributed by atoms with van der Waals surface area (Å²) in [5.74, 6) is -0.117. The average molecular weight is 350 g/mol. The Labute approximate surface area is 132 Å². The van der Waals surface area contributed by atoms with Crippen LogP contribution < -0.4 is 10.6 Å². The van der Waals surface area contributed by atoms with Gasteiger partial charge in [0.1, 0.15) is 0 Å². The standard InChI is InChI=1S/C14H17F3N2O3S/c15-14(16,17)10-1-3-11(4-2-10)19-13(20)5-7-18-12-6-8-23(21,22)9-12/h1-4,12,18H,5-9H2,(H,19,20). The number of carbonyl (C=O) groups is 1. The van der Waals surface area contributed by atoms with Gasteiger partial charge in [-0.1, -0.05) is 0 Å². The third-order valence-corrected chi connectivity index (χ3v) is 5.28. The molecule has 0 aliphatic carbocycles. The van der Waals surface area contributed by atoms with Crippen molar-refractivity contribution in [3.05, 3.63) is 29.8 Å². The molecule has 23 heavy (non-hydrogen) atoms. The van der Waals surface area contributed by atoms with Gasteiger partial charge in [-0.3, -0.25) is 4.79 Å². The molecular formula is C14H17F3N2O3S. The SMILES string of the molecule is O=C(CCNC1CCS(=O)(=O)C1)Nc1ccc(C(F)(F)F)cc1. The number of amides is 1. The Morgan fingerprint density at radius 2 is 1.87 bits per heavy atom. The highest BCUT2D eigenvalue weighted by molar-refractivity contribution is 7.91. The Morgan fingerprint density at radius 3 is 2.39 bits per heavy atom.